The summed E-state index contributed by atoms with van der Waals surface area (Å²) in [4.78, 5) is 9.85. The molecule has 1 aromatic rings. The molecule has 0 radical (unpaired) electrons. The lowest BCUT2D eigenvalue weighted by atomic mass is 10.4. The van der Waals surface area contributed by atoms with Crippen molar-refractivity contribution in [2.75, 3.05) is 14.2 Å². The first-order chi connectivity index (χ1) is 5.81. The third-order valence-corrected chi connectivity index (χ3v) is 1.06. The van der Waals surface area contributed by atoms with E-state index in [1.165, 1.54) is 14.2 Å². The third kappa shape index (κ3) is 6.61. The van der Waals surface area contributed by atoms with Gasteiger partial charge in [-0.05, 0) is 0 Å². The molecule has 0 unspecified atom stereocenters. The molecule has 0 aliphatic carbocycles. The van der Waals surface area contributed by atoms with E-state index in [0.717, 1.165) is 0 Å². The van der Waals surface area contributed by atoms with E-state index in [9.17, 15) is 4.79 Å². The summed E-state index contributed by atoms with van der Waals surface area (Å²) < 4.78 is 4.15. The van der Waals surface area contributed by atoms with Gasteiger partial charge in [-0.15, -0.1) is 0 Å². The number of carbonyl (C=O) groups is 1. The quantitative estimate of drug-likeness (QED) is 0.638. The van der Waals surface area contributed by atoms with Crippen molar-refractivity contribution in [3.63, 3.8) is 0 Å². The molecule has 1 aromatic carbocycles. The fourth-order valence-corrected chi connectivity index (χ4v) is 0.487. The number of rotatable bonds is 0. The average molecular weight is 167 g/mol. The first-order valence-corrected chi connectivity index (χ1v) is 3.57. The van der Waals surface area contributed by atoms with Crippen molar-refractivity contribution in [1.29, 1.82) is 0 Å². The SMILES string of the molecule is CNC(=O)OC.c1ccccc1. The number of nitrogens with one attached hydrogen (secondary N) is 1. The van der Waals surface area contributed by atoms with E-state index in [1.54, 1.807) is 0 Å². The summed E-state index contributed by atoms with van der Waals surface area (Å²) in [5.74, 6) is 0. The Kier molecular flexibility index (Phi) is 6.64. The summed E-state index contributed by atoms with van der Waals surface area (Å²) in [6.45, 7) is 0. The molecule has 0 spiro atoms. The van der Waals surface area contributed by atoms with Gasteiger partial charge in [0.05, 0.1) is 7.11 Å². The molecule has 3 nitrogen and oxygen atoms in total. The van der Waals surface area contributed by atoms with Gasteiger partial charge in [-0.1, -0.05) is 36.4 Å². The van der Waals surface area contributed by atoms with Crippen LogP contribution in [-0.4, -0.2) is 20.3 Å². The Morgan fingerprint density at radius 2 is 1.42 bits per heavy atom. The molecule has 3 heteroatoms. The van der Waals surface area contributed by atoms with Crippen LogP contribution in [0.4, 0.5) is 4.79 Å². The highest BCUT2D eigenvalue weighted by atomic mass is 16.5. The van der Waals surface area contributed by atoms with Crippen LogP contribution in [0.15, 0.2) is 36.4 Å². The van der Waals surface area contributed by atoms with Gasteiger partial charge in [0.15, 0.2) is 0 Å². The molecule has 0 fully saturated rings. The van der Waals surface area contributed by atoms with Gasteiger partial charge in [0, 0.05) is 7.05 Å². The monoisotopic (exact) mass is 167 g/mol. The number of hydrogen-bond donors (Lipinski definition) is 1. The van der Waals surface area contributed by atoms with E-state index < -0.39 is 6.09 Å². The van der Waals surface area contributed by atoms with Crippen LogP contribution in [0, 0.1) is 0 Å². The van der Waals surface area contributed by atoms with Crippen molar-refractivity contribution in [1.82, 2.24) is 5.32 Å². The largest absolute Gasteiger partial charge is 0.453 e. The zero-order valence-electron chi connectivity index (χ0n) is 7.28. The number of benzene rings is 1. The molecule has 66 valence electrons. The second-order valence-corrected chi connectivity index (χ2v) is 1.90. The summed E-state index contributed by atoms with van der Waals surface area (Å²) in [5, 5.41) is 2.25. The zero-order chi connectivity index (χ0) is 9.23. The van der Waals surface area contributed by atoms with Gasteiger partial charge in [-0.25, -0.2) is 4.79 Å². The van der Waals surface area contributed by atoms with Gasteiger partial charge in [-0.3, -0.25) is 0 Å². The second-order valence-electron chi connectivity index (χ2n) is 1.90. The van der Waals surface area contributed by atoms with Crippen LogP contribution < -0.4 is 5.32 Å². The number of methoxy groups -OCH3 is 1. The number of amides is 1. The minimum atomic E-state index is -0.407. The number of ether oxygens (including phenoxy) is 1. The van der Waals surface area contributed by atoms with Crippen molar-refractivity contribution in [3.05, 3.63) is 36.4 Å². The van der Waals surface area contributed by atoms with Gasteiger partial charge in [0.1, 0.15) is 0 Å². The van der Waals surface area contributed by atoms with E-state index in [0.29, 0.717) is 0 Å². The fourth-order valence-electron chi connectivity index (χ4n) is 0.487. The highest BCUT2D eigenvalue weighted by Crippen LogP contribution is 1.79. The lowest BCUT2D eigenvalue weighted by Gasteiger charge is -1.90. The molecular formula is C9H13NO2. The Morgan fingerprint density at radius 1 is 1.08 bits per heavy atom. The molecule has 0 bridgehead atoms. The van der Waals surface area contributed by atoms with Crippen molar-refractivity contribution in [2.24, 2.45) is 0 Å². The summed E-state index contributed by atoms with van der Waals surface area (Å²) in [7, 11) is 2.82. The zero-order valence-corrected chi connectivity index (χ0v) is 7.28. The van der Waals surface area contributed by atoms with Crippen molar-refractivity contribution in [3.8, 4) is 0 Å². The molecule has 1 rings (SSSR count). The maximum atomic E-state index is 9.85. The number of carbonyl (C=O) groups excluding carboxylic acids is 1. The van der Waals surface area contributed by atoms with Crippen LogP contribution in [-0.2, 0) is 4.74 Å². The second kappa shape index (κ2) is 7.60. The summed E-state index contributed by atoms with van der Waals surface area (Å²) in [5.41, 5.74) is 0. The van der Waals surface area contributed by atoms with E-state index in [4.69, 9.17) is 0 Å². The normalized spacial score (nSPS) is 7.50. The first-order valence-electron chi connectivity index (χ1n) is 3.57. The van der Waals surface area contributed by atoms with Gasteiger partial charge in [0.2, 0.25) is 0 Å². The Balaban J connectivity index is 0.000000202. The van der Waals surface area contributed by atoms with E-state index >= 15 is 0 Å². The maximum absolute atomic E-state index is 9.85. The Labute approximate surface area is 72.4 Å². The van der Waals surface area contributed by atoms with Gasteiger partial charge in [0.25, 0.3) is 0 Å². The molecule has 0 aromatic heterocycles. The molecule has 12 heavy (non-hydrogen) atoms. The molecule has 0 atom stereocenters. The Bertz CT molecular complexity index is 166. The van der Waals surface area contributed by atoms with Gasteiger partial charge < -0.3 is 10.1 Å². The Hall–Kier alpha value is -1.51. The number of alkyl carbamates (subject to hydrolysis) is 1. The summed E-state index contributed by atoms with van der Waals surface area (Å²) in [6, 6.07) is 12.0. The Morgan fingerprint density at radius 3 is 1.50 bits per heavy atom. The minimum absolute atomic E-state index is 0.407. The average Bonchev–Trinajstić information content (AvgIpc) is 2.20. The van der Waals surface area contributed by atoms with Crippen LogP contribution in [0.1, 0.15) is 0 Å². The van der Waals surface area contributed by atoms with E-state index in [-0.39, 0.29) is 0 Å². The van der Waals surface area contributed by atoms with Crippen molar-refractivity contribution < 1.29 is 9.53 Å². The molecule has 0 heterocycles. The highest BCUT2D eigenvalue weighted by molar-refractivity contribution is 5.66. The first kappa shape index (κ1) is 10.5. The van der Waals surface area contributed by atoms with Crippen molar-refractivity contribution in [2.45, 2.75) is 0 Å². The van der Waals surface area contributed by atoms with Crippen LogP contribution >= 0.6 is 0 Å². The van der Waals surface area contributed by atoms with E-state index in [1.807, 2.05) is 36.4 Å². The molecule has 1 N–H and O–H groups in total. The molecule has 0 aliphatic rings. The van der Waals surface area contributed by atoms with Crippen LogP contribution in [0.5, 0.6) is 0 Å². The predicted octanol–water partition coefficient (Wildman–Crippen LogP) is 1.66. The maximum Gasteiger partial charge on any atom is 0.406 e. The lowest BCUT2D eigenvalue weighted by molar-refractivity contribution is 0.173. The van der Waals surface area contributed by atoms with Gasteiger partial charge in [-0.2, -0.15) is 0 Å². The number of hydrogen-bond acceptors (Lipinski definition) is 2. The molecule has 0 saturated heterocycles. The third-order valence-electron chi connectivity index (χ3n) is 1.06. The standard InChI is InChI=1S/C6H6.C3H7NO2/c1-2-4-6-5-3-1;1-4-3(5)6-2/h1-6H;1-2H3,(H,4,5). The van der Waals surface area contributed by atoms with Crippen LogP contribution in [0.3, 0.4) is 0 Å². The molecule has 0 saturated carbocycles. The lowest BCUT2D eigenvalue weighted by Crippen LogP contribution is -2.16. The minimum Gasteiger partial charge on any atom is -0.453 e. The van der Waals surface area contributed by atoms with Crippen molar-refractivity contribution >= 4 is 6.09 Å². The molecular weight excluding hydrogens is 154 g/mol. The predicted molar refractivity (Wildman–Crippen MR) is 47.9 cm³/mol. The van der Waals surface area contributed by atoms with Gasteiger partial charge >= 0.3 is 6.09 Å². The van der Waals surface area contributed by atoms with Crippen LogP contribution in [0.25, 0.3) is 0 Å². The molecule has 1 amide bonds. The summed E-state index contributed by atoms with van der Waals surface area (Å²) in [6.07, 6.45) is -0.407. The smallest absolute Gasteiger partial charge is 0.406 e. The van der Waals surface area contributed by atoms with Crippen LogP contribution in [0.2, 0.25) is 0 Å². The topological polar surface area (TPSA) is 38.3 Å². The highest BCUT2D eigenvalue weighted by Gasteiger charge is 1.85. The molecule has 0 aliphatic heterocycles. The fraction of sp³-hybridized carbons (Fsp3) is 0.222. The summed E-state index contributed by atoms with van der Waals surface area (Å²) >= 11 is 0. The van der Waals surface area contributed by atoms with E-state index in [2.05, 4.69) is 10.1 Å².